The van der Waals surface area contributed by atoms with E-state index in [4.69, 9.17) is 0 Å². The van der Waals surface area contributed by atoms with Crippen LogP contribution in [0.5, 0.6) is 5.75 Å². The zero-order valence-electron chi connectivity index (χ0n) is 12.0. The lowest BCUT2D eigenvalue weighted by Gasteiger charge is -2.18. The van der Waals surface area contributed by atoms with Gasteiger partial charge in [0.2, 0.25) is 0 Å². The lowest BCUT2D eigenvalue weighted by atomic mass is 9.99. The monoisotopic (exact) mass is 289 g/mol. The molecule has 1 aromatic carbocycles. The van der Waals surface area contributed by atoms with Crippen LogP contribution >= 0.6 is 0 Å². The number of hydrogen-bond acceptors (Lipinski definition) is 2. The third kappa shape index (κ3) is 6.17. The van der Waals surface area contributed by atoms with Gasteiger partial charge in [0.25, 0.3) is 0 Å². The van der Waals surface area contributed by atoms with Crippen molar-refractivity contribution in [2.24, 2.45) is 5.92 Å². The lowest BCUT2D eigenvalue weighted by molar-refractivity contribution is -0.274. The molecule has 1 aromatic rings. The van der Waals surface area contributed by atoms with Gasteiger partial charge >= 0.3 is 6.36 Å². The van der Waals surface area contributed by atoms with E-state index in [1.165, 1.54) is 12.1 Å². The Morgan fingerprint density at radius 1 is 1.20 bits per heavy atom. The number of para-hydroxylation sites is 2. The van der Waals surface area contributed by atoms with Crippen LogP contribution in [-0.2, 0) is 0 Å². The standard InChI is InChI=1S/C15H22F3NO/c1-3-5-8-12(4-2)11-19-13-9-6-7-10-14(13)20-15(16,17)18/h6-7,9-10,12,19H,3-5,8,11H2,1-2H3. The first-order valence-corrected chi connectivity index (χ1v) is 7.05. The molecule has 0 spiro atoms. The first-order chi connectivity index (χ1) is 9.46. The van der Waals surface area contributed by atoms with Crippen LogP contribution in [0.4, 0.5) is 18.9 Å². The second-order valence-electron chi connectivity index (χ2n) is 4.84. The normalized spacial score (nSPS) is 13.1. The molecule has 0 bridgehead atoms. The first kappa shape index (κ1) is 16.7. The average Bonchev–Trinajstić information content (AvgIpc) is 2.39. The van der Waals surface area contributed by atoms with E-state index in [0.717, 1.165) is 25.7 Å². The third-order valence-corrected chi connectivity index (χ3v) is 3.24. The van der Waals surface area contributed by atoms with Crippen LogP contribution in [-0.4, -0.2) is 12.9 Å². The fraction of sp³-hybridized carbons (Fsp3) is 0.600. The smallest absolute Gasteiger partial charge is 0.404 e. The molecule has 5 heteroatoms. The van der Waals surface area contributed by atoms with Crippen LogP contribution in [0.2, 0.25) is 0 Å². The zero-order valence-corrected chi connectivity index (χ0v) is 12.0. The Balaban J connectivity index is 2.62. The van der Waals surface area contributed by atoms with E-state index >= 15 is 0 Å². The molecule has 1 N–H and O–H groups in total. The summed E-state index contributed by atoms with van der Waals surface area (Å²) in [6.45, 7) is 4.89. The van der Waals surface area contributed by atoms with Crippen molar-refractivity contribution < 1.29 is 17.9 Å². The molecule has 0 aliphatic heterocycles. The first-order valence-electron chi connectivity index (χ1n) is 7.05. The van der Waals surface area contributed by atoms with Crippen LogP contribution in [0.1, 0.15) is 39.5 Å². The maximum Gasteiger partial charge on any atom is 0.573 e. The summed E-state index contributed by atoms with van der Waals surface area (Å²) in [7, 11) is 0. The van der Waals surface area contributed by atoms with Crippen LogP contribution in [0, 0.1) is 5.92 Å². The number of unbranched alkanes of at least 4 members (excludes halogenated alkanes) is 1. The van der Waals surface area contributed by atoms with Gasteiger partial charge in [-0.05, 0) is 24.5 Å². The molecule has 0 radical (unpaired) electrons. The molecule has 1 rings (SSSR count). The molecule has 20 heavy (non-hydrogen) atoms. The number of anilines is 1. The molecule has 1 unspecified atom stereocenters. The molecule has 2 nitrogen and oxygen atoms in total. The molecule has 0 heterocycles. The predicted molar refractivity (Wildman–Crippen MR) is 74.9 cm³/mol. The zero-order chi connectivity index (χ0) is 15.0. The van der Waals surface area contributed by atoms with Crippen LogP contribution in [0.3, 0.4) is 0 Å². The number of hydrogen-bond donors (Lipinski definition) is 1. The van der Waals surface area contributed by atoms with Crippen molar-refractivity contribution in [1.29, 1.82) is 0 Å². The number of alkyl halides is 3. The Morgan fingerprint density at radius 3 is 2.50 bits per heavy atom. The fourth-order valence-corrected chi connectivity index (χ4v) is 2.02. The van der Waals surface area contributed by atoms with Gasteiger partial charge in [-0.3, -0.25) is 0 Å². The topological polar surface area (TPSA) is 21.3 Å². The molecular formula is C15H22F3NO. The summed E-state index contributed by atoms with van der Waals surface area (Å²) in [6, 6.07) is 6.15. The van der Waals surface area contributed by atoms with Gasteiger partial charge in [-0.15, -0.1) is 13.2 Å². The van der Waals surface area contributed by atoms with Crippen LogP contribution in [0.25, 0.3) is 0 Å². The fourth-order valence-electron chi connectivity index (χ4n) is 2.02. The number of rotatable bonds is 8. The Morgan fingerprint density at radius 2 is 1.90 bits per heavy atom. The largest absolute Gasteiger partial charge is 0.573 e. The summed E-state index contributed by atoms with van der Waals surface area (Å²) < 4.78 is 40.9. The van der Waals surface area contributed by atoms with Gasteiger partial charge in [0.05, 0.1) is 5.69 Å². The van der Waals surface area contributed by atoms with Crippen molar-refractivity contribution in [1.82, 2.24) is 0 Å². The molecule has 0 aliphatic rings. The van der Waals surface area contributed by atoms with Crippen molar-refractivity contribution in [2.45, 2.75) is 45.9 Å². The van der Waals surface area contributed by atoms with Gasteiger partial charge < -0.3 is 10.1 Å². The molecule has 0 aliphatic carbocycles. The molecule has 1 atom stereocenters. The number of halogens is 3. The SMILES string of the molecule is CCCCC(CC)CNc1ccccc1OC(F)(F)F. The molecule has 114 valence electrons. The Kier molecular flexibility index (Phi) is 6.68. The van der Waals surface area contributed by atoms with Gasteiger partial charge in [-0.1, -0.05) is 45.2 Å². The minimum Gasteiger partial charge on any atom is -0.404 e. The summed E-state index contributed by atoms with van der Waals surface area (Å²) in [5.41, 5.74) is 0.389. The van der Waals surface area contributed by atoms with Gasteiger partial charge in [-0.25, -0.2) is 0 Å². The lowest BCUT2D eigenvalue weighted by Crippen LogP contribution is -2.19. The average molecular weight is 289 g/mol. The predicted octanol–water partition coefficient (Wildman–Crippen LogP) is 5.21. The highest BCUT2D eigenvalue weighted by molar-refractivity contribution is 5.56. The van der Waals surface area contributed by atoms with E-state index in [-0.39, 0.29) is 5.75 Å². The maximum absolute atomic E-state index is 12.3. The van der Waals surface area contributed by atoms with E-state index < -0.39 is 6.36 Å². The summed E-state index contributed by atoms with van der Waals surface area (Å²) in [5.74, 6) is 0.291. The molecule has 0 aromatic heterocycles. The van der Waals surface area contributed by atoms with E-state index in [2.05, 4.69) is 23.9 Å². The quantitative estimate of drug-likeness (QED) is 0.709. The highest BCUT2D eigenvalue weighted by Crippen LogP contribution is 2.30. The van der Waals surface area contributed by atoms with Gasteiger partial charge in [0.1, 0.15) is 0 Å². The third-order valence-electron chi connectivity index (χ3n) is 3.24. The highest BCUT2D eigenvalue weighted by atomic mass is 19.4. The molecular weight excluding hydrogens is 267 g/mol. The summed E-state index contributed by atoms with van der Waals surface area (Å²) in [4.78, 5) is 0. The second-order valence-corrected chi connectivity index (χ2v) is 4.84. The summed E-state index contributed by atoms with van der Waals surface area (Å²) in [5, 5.41) is 3.07. The molecule has 0 saturated carbocycles. The maximum atomic E-state index is 12.3. The van der Waals surface area contributed by atoms with Crippen molar-refractivity contribution in [3.05, 3.63) is 24.3 Å². The van der Waals surface area contributed by atoms with Crippen molar-refractivity contribution in [3.63, 3.8) is 0 Å². The minimum atomic E-state index is -4.66. The van der Waals surface area contributed by atoms with Gasteiger partial charge in [0.15, 0.2) is 5.75 Å². The highest BCUT2D eigenvalue weighted by Gasteiger charge is 2.32. The van der Waals surface area contributed by atoms with E-state index in [9.17, 15) is 13.2 Å². The summed E-state index contributed by atoms with van der Waals surface area (Å²) in [6.07, 6.45) is -0.299. The number of ether oxygens (including phenoxy) is 1. The number of benzene rings is 1. The minimum absolute atomic E-state index is 0.176. The van der Waals surface area contributed by atoms with Crippen molar-refractivity contribution in [2.75, 3.05) is 11.9 Å². The van der Waals surface area contributed by atoms with Crippen LogP contribution < -0.4 is 10.1 Å². The van der Waals surface area contributed by atoms with Gasteiger partial charge in [-0.2, -0.15) is 0 Å². The van der Waals surface area contributed by atoms with Crippen LogP contribution in [0.15, 0.2) is 24.3 Å². The number of nitrogens with one attached hydrogen (secondary N) is 1. The Hall–Kier alpha value is -1.39. The van der Waals surface area contributed by atoms with E-state index in [1.807, 2.05) is 0 Å². The summed E-state index contributed by atoms with van der Waals surface area (Å²) >= 11 is 0. The van der Waals surface area contributed by atoms with Crippen molar-refractivity contribution in [3.8, 4) is 5.75 Å². The van der Waals surface area contributed by atoms with Crippen molar-refractivity contribution >= 4 is 5.69 Å². The van der Waals surface area contributed by atoms with Gasteiger partial charge in [0, 0.05) is 6.54 Å². The molecule has 0 saturated heterocycles. The van der Waals surface area contributed by atoms with E-state index in [0.29, 0.717) is 18.2 Å². The Bertz CT molecular complexity index is 393. The molecule has 0 fully saturated rings. The molecule has 0 amide bonds. The van der Waals surface area contributed by atoms with E-state index in [1.54, 1.807) is 12.1 Å². The Labute approximate surface area is 118 Å². The second kappa shape index (κ2) is 8.02.